The Morgan fingerprint density at radius 1 is 1.62 bits per heavy atom. The molecule has 0 aromatic carbocycles. The molecule has 16 heavy (non-hydrogen) atoms. The number of ether oxygens (including phenoxy) is 1. The van der Waals surface area contributed by atoms with Gasteiger partial charge < -0.3 is 10.5 Å². The van der Waals surface area contributed by atoms with Gasteiger partial charge in [-0.2, -0.15) is 5.10 Å². The predicted molar refractivity (Wildman–Crippen MR) is 60.4 cm³/mol. The van der Waals surface area contributed by atoms with E-state index in [4.69, 9.17) is 10.5 Å². The molecule has 0 bridgehead atoms. The minimum absolute atomic E-state index is 0.0985. The van der Waals surface area contributed by atoms with Gasteiger partial charge in [-0.25, -0.2) is 8.42 Å². The fourth-order valence-electron chi connectivity index (χ4n) is 1.16. The fourth-order valence-corrected chi connectivity index (χ4v) is 2.20. The van der Waals surface area contributed by atoms with Crippen LogP contribution in [0.3, 0.4) is 0 Å². The van der Waals surface area contributed by atoms with Crippen molar-refractivity contribution in [3.63, 3.8) is 0 Å². The summed E-state index contributed by atoms with van der Waals surface area (Å²) in [5.74, 6) is 0.303. The Bertz CT molecular complexity index is 440. The number of nitrogens with one attached hydrogen (secondary N) is 1. The van der Waals surface area contributed by atoms with Crippen molar-refractivity contribution in [1.29, 1.82) is 0 Å². The Morgan fingerprint density at radius 3 is 2.88 bits per heavy atom. The van der Waals surface area contributed by atoms with Crippen molar-refractivity contribution in [1.82, 2.24) is 9.78 Å². The van der Waals surface area contributed by atoms with E-state index >= 15 is 0 Å². The van der Waals surface area contributed by atoms with Crippen LogP contribution in [0.4, 0.5) is 5.82 Å². The molecule has 1 heterocycles. The maximum atomic E-state index is 11.6. The summed E-state index contributed by atoms with van der Waals surface area (Å²) in [5, 5.41) is 3.93. The molecule has 3 N–H and O–H groups in total. The van der Waals surface area contributed by atoms with Crippen LogP contribution in [0, 0.1) is 0 Å². The topological polar surface area (TPSA) is 99.2 Å². The van der Waals surface area contributed by atoms with Gasteiger partial charge in [-0.3, -0.25) is 9.40 Å². The van der Waals surface area contributed by atoms with Gasteiger partial charge in [-0.05, 0) is 0 Å². The summed E-state index contributed by atoms with van der Waals surface area (Å²) < 4.78 is 31.8. The highest BCUT2D eigenvalue weighted by Gasteiger charge is 2.15. The summed E-state index contributed by atoms with van der Waals surface area (Å²) in [6.45, 7) is 0.376. The number of methoxy groups -OCH3 is 1. The van der Waals surface area contributed by atoms with Gasteiger partial charge in [0.25, 0.3) is 0 Å². The van der Waals surface area contributed by atoms with E-state index in [9.17, 15) is 8.42 Å². The average Bonchev–Trinajstić information content (AvgIpc) is 2.57. The maximum Gasteiger partial charge on any atom is 0.236 e. The maximum absolute atomic E-state index is 11.6. The van der Waals surface area contributed by atoms with E-state index in [2.05, 4.69) is 9.82 Å². The number of hydrogen-bond acceptors (Lipinski definition) is 5. The quantitative estimate of drug-likeness (QED) is 0.691. The number of hydrogen-bond donors (Lipinski definition) is 2. The Hall–Kier alpha value is -1.12. The Labute approximate surface area is 94.6 Å². The summed E-state index contributed by atoms with van der Waals surface area (Å²) in [5.41, 5.74) is 6.13. The van der Waals surface area contributed by atoms with Gasteiger partial charge >= 0.3 is 0 Å². The smallest absolute Gasteiger partial charge is 0.236 e. The fraction of sp³-hybridized carbons (Fsp3) is 0.625. The van der Waals surface area contributed by atoms with Crippen molar-refractivity contribution in [2.24, 2.45) is 12.8 Å². The lowest BCUT2D eigenvalue weighted by Gasteiger charge is -2.09. The van der Waals surface area contributed by atoms with Gasteiger partial charge in [0.05, 0.1) is 18.6 Å². The molecule has 1 aromatic heterocycles. The van der Waals surface area contributed by atoms with E-state index in [0.29, 0.717) is 11.4 Å². The number of nitrogens with zero attached hydrogens (tertiary/aromatic N) is 2. The van der Waals surface area contributed by atoms with E-state index in [1.807, 2.05) is 0 Å². The van der Waals surface area contributed by atoms with Crippen molar-refractivity contribution >= 4 is 15.8 Å². The number of rotatable bonds is 6. The number of nitrogens with two attached hydrogens (primary N) is 1. The number of aromatic nitrogens is 2. The molecule has 1 rings (SSSR count). The molecule has 0 aliphatic heterocycles. The van der Waals surface area contributed by atoms with Crippen LogP contribution in [-0.4, -0.2) is 37.7 Å². The van der Waals surface area contributed by atoms with Gasteiger partial charge in [0.2, 0.25) is 10.0 Å². The molecule has 0 aliphatic rings. The van der Waals surface area contributed by atoms with Crippen molar-refractivity contribution in [2.75, 3.05) is 24.2 Å². The number of sulfonamides is 1. The van der Waals surface area contributed by atoms with Crippen molar-refractivity contribution < 1.29 is 13.2 Å². The molecular weight excluding hydrogens is 232 g/mol. The van der Waals surface area contributed by atoms with Crippen LogP contribution >= 0.6 is 0 Å². The van der Waals surface area contributed by atoms with Crippen molar-refractivity contribution in [3.8, 4) is 0 Å². The molecule has 1 aromatic rings. The molecule has 0 radical (unpaired) electrons. The largest absolute Gasteiger partial charge is 0.384 e. The highest BCUT2D eigenvalue weighted by Crippen LogP contribution is 2.14. The zero-order chi connectivity index (χ0) is 12.2. The lowest BCUT2D eigenvalue weighted by molar-refractivity contribution is 0.217. The third-order valence-corrected chi connectivity index (χ3v) is 3.25. The normalized spacial score (nSPS) is 11.7. The Morgan fingerprint density at radius 2 is 2.31 bits per heavy atom. The Balaban J connectivity index is 2.83. The number of anilines is 1. The second-order valence-electron chi connectivity index (χ2n) is 3.26. The van der Waals surface area contributed by atoms with E-state index in [1.165, 1.54) is 18.0 Å². The van der Waals surface area contributed by atoms with Gasteiger partial charge in [-0.15, -0.1) is 0 Å². The second-order valence-corrected chi connectivity index (χ2v) is 5.10. The summed E-state index contributed by atoms with van der Waals surface area (Å²) in [7, 11) is -0.318. The lowest BCUT2D eigenvalue weighted by Crippen LogP contribution is -2.22. The van der Waals surface area contributed by atoms with E-state index in [0.717, 1.165) is 0 Å². The van der Waals surface area contributed by atoms with Crippen LogP contribution in [0.15, 0.2) is 6.20 Å². The van der Waals surface area contributed by atoms with Gasteiger partial charge in [0.15, 0.2) is 0 Å². The SMILES string of the molecule is COCCS(=O)(=O)Nc1c(CN)cnn1C. The standard InChI is InChI=1S/C8H16N4O3S/c1-12-8(7(5-9)6-10-12)11-16(13,14)4-3-15-2/h6,11H,3-5,9H2,1-2H3. The molecule has 8 heteroatoms. The summed E-state index contributed by atoms with van der Waals surface area (Å²) >= 11 is 0. The highest BCUT2D eigenvalue weighted by molar-refractivity contribution is 7.92. The molecular formula is C8H16N4O3S. The van der Waals surface area contributed by atoms with Crippen molar-refractivity contribution in [3.05, 3.63) is 11.8 Å². The third-order valence-electron chi connectivity index (χ3n) is 2.04. The minimum atomic E-state index is -3.41. The zero-order valence-corrected chi connectivity index (χ0v) is 10.1. The van der Waals surface area contributed by atoms with Crippen LogP contribution in [0.25, 0.3) is 0 Å². The second kappa shape index (κ2) is 5.28. The summed E-state index contributed by atoms with van der Waals surface area (Å²) in [6, 6.07) is 0. The van der Waals surface area contributed by atoms with Gasteiger partial charge in [0.1, 0.15) is 5.82 Å². The van der Waals surface area contributed by atoms with E-state index in [1.54, 1.807) is 7.05 Å². The molecule has 0 saturated carbocycles. The number of aryl methyl sites for hydroxylation is 1. The monoisotopic (exact) mass is 248 g/mol. The Kier molecular flexibility index (Phi) is 4.27. The molecule has 0 saturated heterocycles. The summed E-state index contributed by atoms with van der Waals surface area (Å²) in [4.78, 5) is 0. The van der Waals surface area contributed by atoms with Crippen LogP contribution < -0.4 is 10.5 Å². The molecule has 0 aliphatic carbocycles. The predicted octanol–water partition coefficient (Wildman–Crippen LogP) is -0.733. The first-order valence-electron chi connectivity index (χ1n) is 4.70. The van der Waals surface area contributed by atoms with Crippen molar-refractivity contribution in [2.45, 2.75) is 6.54 Å². The molecule has 0 atom stereocenters. The first-order chi connectivity index (χ1) is 7.50. The summed E-state index contributed by atoms with van der Waals surface area (Å²) in [6.07, 6.45) is 1.54. The minimum Gasteiger partial charge on any atom is -0.384 e. The third kappa shape index (κ3) is 3.19. The van der Waals surface area contributed by atoms with E-state index in [-0.39, 0.29) is 18.9 Å². The van der Waals surface area contributed by atoms with Crippen LogP contribution in [-0.2, 0) is 28.4 Å². The van der Waals surface area contributed by atoms with E-state index < -0.39 is 10.0 Å². The first kappa shape index (κ1) is 12.9. The van der Waals surface area contributed by atoms with Crippen LogP contribution in [0.2, 0.25) is 0 Å². The van der Waals surface area contributed by atoms with Crippen LogP contribution in [0.1, 0.15) is 5.56 Å². The van der Waals surface area contributed by atoms with Gasteiger partial charge in [-0.1, -0.05) is 0 Å². The molecule has 0 spiro atoms. The highest BCUT2D eigenvalue weighted by atomic mass is 32.2. The molecule has 7 nitrogen and oxygen atoms in total. The molecule has 0 fully saturated rings. The van der Waals surface area contributed by atoms with Gasteiger partial charge in [0, 0.05) is 26.3 Å². The average molecular weight is 248 g/mol. The first-order valence-corrected chi connectivity index (χ1v) is 6.35. The lowest BCUT2D eigenvalue weighted by atomic mass is 10.3. The molecule has 0 unspecified atom stereocenters. The molecule has 92 valence electrons. The van der Waals surface area contributed by atoms with Crippen LogP contribution in [0.5, 0.6) is 0 Å². The zero-order valence-electron chi connectivity index (χ0n) is 9.30. The molecule has 0 amide bonds.